The molecular weight excluding hydrogens is 277 g/mol. The van der Waals surface area contributed by atoms with Crippen LogP contribution in [0.15, 0.2) is 36.4 Å². The van der Waals surface area contributed by atoms with Gasteiger partial charge in [-0.2, -0.15) is 0 Å². The number of aromatic carboxylic acids is 1. The molecule has 21 heavy (non-hydrogen) atoms. The van der Waals surface area contributed by atoms with Gasteiger partial charge in [0.15, 0.2) is 0 Å². The number of nitrogens with two attached hydrogens (primary N) is 1. The van der Waals surface area contributed by atoms with Crippen LogP contribution in [0.3, 0.4) is 0 Å². The lowest BCUT2D eigenvalue weighted by atomic mass is 10.1. The number of benzene rings is 2. The van der Waals surface area contributed by atoms with E-state index < -0.39 is 17.7 Å². The summed E-state index contributed by atoms with van der Waals surface area (Å²) in [6.07, 6.45) is 0. The van der Waals surface area contributed by atoms with Crippen LogP contribution in [0.2, 0.25) is 0 Å². The summed E-state index contributed by atoms with van der Waals surface area (Å²) in [4.78, 5) is 22.2. The van der Waals surface area contributed by atoms with Crippen LogP contribution in [0.4, 0.5) is 4.39 Å². The van der Waals surface area contributed by atoms with Gasteiger partial charge in [-0.3, -0.25) is 4.79 Å². The van der Waals surface area contributed by atoms with Crippen molar-refractivity contribution in [2.75, 3.05) is 0 Å². The first-order chi connectivity index (χ1) is 9.90. The Labute approximate surface area is 119 Å². The van der Waals surface area contributed by atoms with E-state index in [9.17, 15) is 14.0 Å². The Bertz CT molecular complexity index is 728. The van der Waals surface area contributed by atoms with Gasteiger partial charge in [0.05, 0.1) is 5.56 Å². The number of carbonyl (C=O) groups excluding carboxylic acids is 1. The summed E-state index contributed by atoms with van der Waals surface area (Å²) in [7, 11) is 0. The van der Waals surface area contributed by atoms with Crippen molar-refractivity contribution in [3.8, 4) is 11.5 Å². The van der Waals surface area contributed by atoms with Crippen LogP contribution in [-0.2, 0) is 0 Å². The van der Waals surface area contributed by atoms with Crippen LogP contribution in [0.1, 0.15) is 26.3 Å². The molecule has 2 aromatic carbocycles. The molecule has 1 amide bonds. The van der Waals surface area contributed by atoms with Gasteiger partial charge in [-0.1, -0.05) is 6.07 Å². The lowest BCUT2D eigenvalue weighted by Gasteiger charge is -2.11. The average Bonchev–Trinajstić information content (AvgIpc) is 2.37. The fraction of sp³-hybridized carbons (Fsp3) is 0.0667. The van der Waals surface area contributed by atoms with Crippen LogP contribution >= 0.6 is 0 Å². The van der Waals surface area contributed by atoms with Crippen LogP contribution < -0.4 is 10.5 Å². The second kappa shape index (κ2) is 5.62. The standard InChI is InChI=1S/C15H12FNO4/c1-8-7-9(5-6-10(8)15(19)20)21-12-4-2-3-11(16)13(12)14(17)18/h2-7H,1H3,(H2,17,18)(H,19,20). The van der Waals surface area contributed by atoms with E-state index in [0.29, 0.717) is 5.56 Å². The summed E-state index contributed by atoms with van der Waals surface area (Å²) >= 11 is 0. The largest absolute Gasteiger partial charge is 0.478 e. The monoisotopic (exact) mass is 289 g/mol. The summed E-state index contributed by atoms with van der Waals surface area (Å²) in [5.41, 5.74) is 5.40. The Morgan fingerprint density at radius 3 is 2.52 bits per heavy atom. The highest BCUT2D eigenvalue weighted by Gasteiger charge is 2.16. The van der Waals surface area contributed by atoms with Crippen molar-refractivity contribution >= 4 is 11.9 Å². The Morgan fingerprint density at radius 1 is 1.24 bits per heavy atom. The molecule has 0 aromatic heterocycles. The second-order valence-corrected chi connectivity index (χ2v) is 4.36. The number of hydrogen-bond acceptors (Lipinski definition) is 3. The predicted octanol–water partition coefficient (Wildman–Crippen LogP) is 2.72. The zero-order valence-corrected chi connectivity index (χ0v) is 11.1. The number of hydrogen-bond donors (Lipinski definition) is 2. The van der Waals surface area contributed by atoms with Crippen molar-refractivity contribution < 1.29 is 23.8 Å². The molecule has 6 heteroatoms. The van der Waals surface area contributed by atoms with E-state index in [1.807, 2.05) is 0 Å². The van der Waals surface area contributed by atoms with Gasteiger partial charge in [0.2, 0.25) is 0 Å². The molecule has 0 spiro atoms. The third-order valence-electron chi connectivity index (χ3n) is 2.88. The molecule has 0 bridgehead atoms. The Hall–Kier alpha value is -2.89. The first-order valence-corrected chi connectivity index (χ1v) is 6.00. The van der Waals surface area contributed by atoms with Crippen LogP contribution in [-0.4, -0.2) is 17.0 Å². The first kappa shape index (κ1) is 14.5. The molecule has 0 unspecified atom stereocenters. The van der Waals surface area contributed by atoms with E-state index in [1.165, 1.54) is 30.3 Å². The van der Waals surface area contributed by atoms with Crippen molar-refractivity contribution in [1.29, 1.82) is 0 Å². The average molecular weight is 289 g/mol. The van der Waals surface area contributed by atoms with Gasteiger partial charge >= 0.3 is 5.97 Å². The molecule has 0 atom stereocenters. The highest BCUT2D eigenvalue weighted by molar-refractivity contribution is 5.96. The molecule has 3 N–H and O–H groups in total. The van der Waals surface area contributed by atoms with Crippen LogP contribution in [0.25, 0.3) is 0 Å². The third kappa shape index (κ3) is 3.00. The fourth-order valence-corrected chi connectivity index (χ4v) is 1.90. The normalized spacial score (nSPS) is 10.2. The molecule has 0 heterocycles. The molecule has 0 saturated heterocycles. The van der Waals surface area contributed by atoms with Gasteiger partial charge in [-0.25, -0.2) is 9.18 Å². The predicted molar refractivity (Wildman–Crippen MR) is 73.1 cm³/mol. The number of halogens is 1. The molecular formula is C15H12FNO4. The quantitative estimate of drug-likeness (QED) is 0.905. The van der Waals surface area contributed by atoms with Gasteiger partial charge in [0, 0.05) is 0 Å². The van der Waals surface area contributed by atoms with Gasteiger partial charge in [0.25, 0.3) is 5.91 Å². The minimum Gasteiger partial charge on any atom is -0.478 e. The number of rotatable bonds is 4. The van der Waals surface area contributed by atoms with E-state index in [-0.39, 0.29) is 22.6 Å². The Kier molecular flexibility index (Phi) is 3.89. The van der Waals surface area contributed by atoms with Crippen molar-refractivity contribution in [2.24, 2.45) is 5.73 Å². The molecule has 0 aliphatic heterocycles. The number of primary amides is 1. The van der Waals surface area contributed by atoms with E-state index >= 15 is 0 Å². The summed E-state index contributed by atoms with van der Waals surface area (Å²) in [5, 5.41) is 8.95. The van der Waals surface area contributed by atoms with Crippen molar-refractivity contribution in [1.82, 2.24) is 0 Å². The smallest absolute Gasteiger partial charge is 0.335 e. The Balaban J connectivity index is 2.39. The fourth-order valence-electron chi connectivity index (χ4n) is 1.90. The van der Waals surface area contributed by atoms with Crippen molar-refractivity contribution in [3.05, 3.63) is 58.9 Å². The number of carboxylic acid groups (broad SMARTS) is 1. The molecule has 2 rings (SSSR count). The minimum absolute atomic E-state index is 0.0232. The summed E-state index contributed by atoms with van der Waals surface area (Å²) in [5.74, 6) is -2.51. The molecule has 2 aromatic rings. The highest BCUT2D eigenvalue weighted by atomic mass is 19.1. The summed E-state index contributed by atoms with van der Waals surface area (Å²) < 4.78 is 19.0. The molecule has 0 aliphatic rings. The Morgan fingerprint density at radius 2 is 1.95 bits per heavy atom. The van der Waals surface area contributed by atoms with E-state index in [4.69, 9.17) is 15.6 Å². The van der Waals surface area contributed by atoms with Crippen molar-refractivity contribution in [2.45, 2.75) is 6.92 Å². The maximum atomic E-state index is 13.6. The van der Waals surface area contributed by atoms with E-state index in [0.717, 1.165) is 6.07 Å². The maximum absolute atomic E-state index is 13.6. The number of ether oxygens (including phenoxy) is 1. The molecule has 108 valence electrons. The molecule has 0 saturated carbocycles. The van der Waals surface area contributed by atoms with Gasteiger partial charge in [0.1, 0.15) is 22.9 Å². The lowest BCUT2D eigenvalue weighted by Crippen LogP contribution is -2.14. The topological polar surface area (TPSA) is 89.6 Å². The van der Waals surface area contributed by atoms with Gasteiger partial charge in [-0.15, -0.1) is 0 Å². The van der Waals surface area contributed by atoms with E-state index in [1.54, 1.807) is 6.92 Å². The van der Waals surface area contributed by atoms with Gasteiger partial charge < -0.3 is 15.6 Å². The van der Waals surface area contributed by atoms with Crippen LogP contribution in [0, 0.1) is 12.7 Å². The molecule has 0 radical (unpaired) electrons. The SMILES string of the molecule is Cc1cc(Oc2cccc(F)c2C(N)=O)ccc1C(=O)O. The molecule has 0 aliphatic carbocycles. The number of carbonyl (C=O) groups is 2. The summed E-state index contributed by atoms with van der Waals surface area (Å²) in [6.45, 7) is 1.61. The zero-order valence-electron chi connectivity index (χ0n) is 11.1. The second-order valence-electron chi connectivity index (χ2n) is 4.36. The highest BCUT2D eigenvalue weighted by Crippen LogP contribution is 2.28. The first-order valence-electron chi connectivity index (χ1n) is 6.00. The van der Waals surface area contributed by atoms with E-state index in [2.05, 4.69) is 0 Å². The minimum atomic E-state index is -1.05. The summed E-state index contributed by atoms with van der Waals surface area (Å²) in [6, 6.07) is 8.17. The van der Waals surface area contributed by atoms with Gasteiger partial charge in [-0.05, 0) is 42.8 Å². The van der Waals surface area contributed by atoms with Crippen LogP contribution in [0.5, 0.6) is 11.5 Å². The molecule has 0 fully saturated rings. The number of aryl methyl sites for hydroxylation is 1. The third-order valence-corrected chi connectivity index (χ3v) is 2.88. The zero-order chi connectivity index (χ0) is 15.6. The number of amides is 1. The number of carboxylic acids is 1. The maximum Gasteiger partial charge on any atom is 0.335 e. The molecule has 5 nitrogen and oxygen atoms in total. The van der Waals surface area contributed by atoms with Crippen molar-refractivity contribution in [3.63, 3.8) is 0 Å². The lowest BCUT2D eigenvalue weighted by molar-refractivity contribution is 0.0696.